The molecule has 0 spiro atoms. The fraction of sp³-hybridized carbons (Fsp3) is 0.176. The van der Waals surface area contributed by atoms with Gasteiger partial charge < -0.3 is 15.5 Å². The second-order valence-electron chi connectivity index (χ2n) is 5.41. The number of rotatable bonds is 3. The summed E-state index contributed by atoms with van der Waals surface area (Å²) >= 11 is 3.32. The molecule has 0 unspecified atom stereocenters. The molecule has 0 aromatic heterocycles. The Morgan fingerprint density at radius 1 is 1.12 bits per heavy atom. The number of urea groups is 1. The first-order valence-corrected chi connectivity index (χ1v) is 8.22. The van der Waals surface area contributed by atoms with Gasteiger partial charge in [0, 0.05) is 22.4 Å². The molecule has 1 fully saturated rings. The Bertz CT molecular complexity index is 749. The van der Waals surface area contributed by atoms with Crippen LogP contribution in [-0.4, -0.2) is 24.5 Å². The minimum atomic E-state index is -0.592. The van der Waals surface area contributed by atoms with Crippen molar-refractivity contribution in [3.8, 4) is 0 Å². The quantitative estimate of drug-likeness (QED) is 0.840. The van der Waals surface area contributed by atoms with Crippen LogP contribution < -0.4 is 15.5 Å². The number of nitrogens with one attached hydrogen (secondary N) is 2. The van der Waals surface area contributed by atoms with Gasteiger partial charge >= 0.3 is 6.03 Å². The number of carbonyl (C=O) groups is 2. The molecule has 1 aliphatic rings. The Morgan fingerprint density at radius 3 is 2.46 bits per heavy atom. The third-order valence-electron chi connectivity index (χ3n) is 3.75. The Hall–Kier alpha value is -2.41. The van der Waals surface area contributed by atoms with Crippen LogP contribution in [0.1, 0.15) is 6.42 Å². The Morgan fingerprint density at radius 2 is 1.79 bits per heavy atom. The Balaban J connectivity index is 1.60. The van der Waals surface area contributed by atoms with Crippen LogP contribution in [-0.2, 0) is 4.79 Å². The van der Waals surface area contributed by atoms with Crippen LogP contribution in [0.3, 0.4) is 0 Å². The number of nitrogens with zero attached hydrogens (tertiary/aromatic N) is 1. The molecule has 2 aromatic carbocycles. The molecule has 24 heavy (non-hydrogen) atoms. The smallest absolute Gasteiger partial charge is 0.319 e. The summed E-state index contributed by atoms with van der Waals surface area (Å²) in [6, 6.07) is 11.8. The summed E-state index contributed by atoms with van der Waals surface area (Å²) in [5, 5.41) is 5.36. The molecule has 1 aliphatic heterocycles. The number of amides is 3. The van der Waals surface area contributed by atoms with Gasteiger partial charge in [-0.3, -0.25) is 4.79 Å². The maximum Gasteiger partial charge on any atom is 0.319 e. The summed E-state index contributed by atoms with van der Waals surface area (Å²) < 4.78 is 13.9. The van der Waals surface area contributed by atoms with Gasteiger partial charge in [0.25, 0.3) is 0 Å². The lowest BCUT2D eigenvalue weighted by atomic mass is 10.2. The highest BCUT2D eigenvalue weighted by Gasteiger charge is 2.33. The minimum absolute atomic E-state index is 0.201. The number of hydrogen-bond acceptors (Lipinski definition) is 2. The maximum absolute atomic E-state index is 13.0. The van der Waals surface area contributed by atoms with E-state index in [1.54, 1.807) is 29.2 Å². The van der Waals surface area contributed by atoms with Crippen molar-refractivity contribution < 1.29 is 14.0 Å². The van der Waals surface area contributed by atoms with Gasteiger partial charge in [-0.25, -0.2) is 9.18 Å². The highest BCUT2D eigenvalue weighted by Crippen LogP contribution is 2.22. The molecular formula is C17H15BrFN3O2. The van der Waals surface area contributed by atoms with Gasteiger partial charge in [0.05, 0.1) is 0 Å². The third-order valence-corrected chi connectivity index (χ3v) is 4.28. The lowest BCUT2D eigenvalue weighted by Gasteiger charge is -2.17. The van der Waals surface area contributed by atoms with E-state index in [1.807, 2.05) is 12.1 Å². The molecule has 0 saturated carbocycles. The average molecular weight is 392 g/mol. The van der Waals surface area contributed by atoms with Gasteiger partial charge in [-0.05, 0) is 55.0 Å². The molecule has 2 aromatic rings. The standard InChI is InChI=1S/C17H15BrFN3O2/c18-11-1-5-13(6-2-11)20-17(24)21-15-9-10-22(16(15)23)14-7-3-12(19)4-8-14/h1-8,15H,9-10H2,(H2,20,21,24)/t15-/m0/s1. The predicted octanol–water partition coefficient (Wildman–Crippen LogP) is 3.52. The van der Waals surface area contributed by atoms with Crippen molar-refractivity contribution in [1.29, 1.82) is 0 Å². The zero-order valence-electron chi connectivity index (χ0n) is 12.6. The molecule has 1 saturated heterocycles. The van der Waals surface area contributed by atoms with Crippen molar-refractivity contribution >= 4 is 39.2 Å². The number of hydrogen-bond donors (Lipinski definition) is 2. The third kappa shape index (κ3) is 3.73. The van der Waals surface area contributed by atoms with Crippen molar-refractivity contribution in [3.63, 3.8) is 0 Å². The highest BCUT2D eigenvalue weighted by molar-refractivity contribution is 9.10. The van der Waals surface area contributed by atoms with Gasteiger partial charge in [-0.2, -0.15) is 0 Å². The molecule has 0 aliphatic carbocycles. The summed E-state index contributed by atoms with van der Waals surface area (Å²) in [5.74, 6) is -0.554. The van der Waals surface area contributed by atoms with E-state index in [4.69, 9.17) is 0 Å². The summed E-state index contributed by atoms with van der Waals surface area (Å²) in [4.78, 5) is 26.0. The largest absolute Gasteiger partial charge is 0.326 e. The van der Waals surface area contributed by atoms with Crippen molar-refractivity contribution in [2.75, 3.05) is 16.8 Å². The first-order valence-electron chi connectivity index (χ1n) is 7.43. The Labute approximate surface area is 147 Å². The summed E-state index contributed by atoms with van der Waals surface area (Å²) in [6.45, 7) is 0.480. The van der Waals surface area contributed by atoms with Crippen molar-refractivity contribution in [1.82, 2.24) is 5.32 Å². The van der Waals surface area contributed by atoms with E-state index in [2.05, 4.69) is 26.6 Å². The number of anilines is 2. The van der Waals surface area contributed by atoms with Crippen molar-refractivity contribution in [3.05, 3.63) is 58.8 Å². The molecule has 0 bridgehead atoms. The molecule has 5 nitrogen and oxygen atoms in total. The first kappa shape index (κ1) is 16.4. The maximum atomic E-state index is 13.0. The second-order valence-corrected chi connectivity index (χ2v) is 6.33. The topological polar surface area (TPSA) is 61.4 Å². The van der Waals surface area contributed by atoms with Crippen LogP contribution in [0.15, 0.2) is 53.0 Å². The monoisotopic (exact) mass is 391 g/mol. The fourth-order valence-electron chi connectivity index (χ4n) is 2.55. The molecule has 7 heteroatoms. The Kier molecular flexibility index (Phi) is 4.80. The van der Waals surface area contributed by atoms with E-state index in [0.29, 0.717) is 24.3 Å². The van der Waals surface area contributed by atoms with Gasteiger partial charge in [0.15, 0.2) is 0 Å². The molecular weight excluding hydrogens is 377 g/mol. The number of carbonyl (C=O) groups excluding carboxylic acids is 2. The van der Waals surface area contributed by atoms with Crippen LogP contribution in [0.2, 0.25) is 0 Å². The van der Waals surface area contributed by atoms with Gasteiger partial charge in [-0.15, -0.1) is 0 Å². The molecule has 3 rings (SSSR count). The van der Waals surface area contributed by atoms with E-state index in [1.165, 1.54) is 12.1 Å². The van der Waals surface area contributed by atoms with Crippen molar-refractivity contribution in [2.24, 2.45) is 0 Å². The first-order chi connectivity index (χ1) is 11.5. The van der Waals surface area contributed by atoms with Crippen LogP contribution in [0.25, 0.3) is 0 Å². The van der Waals surface area contributed by atoms with Gasteiger partial charge in [0.1, 0.15) is 11.9 Å². The highest BCUT2D eigenvalue weighted by atomic mass is 79.9. The number of benzene rings is 2. The van der Waals surface area contributed by atoms with E-state index < -0.39 is 12.1 Å². The predicted molar refractivity (Wildman–Crippen MR) is 93.5 cm³/mol. The molecule has 1 atom stereocenters. The normalized spacial score (nSPS) is 17.0. The molecule has 1 heterocycles. The zero-order chi connectivity index (χ0) is 17.1. The van der Waals surface area contributed by atoms with Crippen molar-refractivity contribution in [2.45, 2.75) is 12.5 Å². The summed E-state index contributed by atoms with van der Waals surface area (Å²) in [6.07, 6.45) is 0.504. The van der Waals surface area contributed by atoms with E-state index in [9.17, 15) is 14.0 Å². The van der Waals surface area contributed by atoms with Gasteiger partial charge in [0.2, 0.25) is 5.91 Å². The molecule has 0 radical (unpaired) electrons. The van der Waals surface area contributed by atoms with E-state index >= 15 is 0 Å². The van der Waals surface area contributed by atoms with E-state index in [0.717, 1.165) is 4.47 Å². The van der Waals surface area contributed by atoms with Gasteiger partial charge in [-0.1, -0.05) is 15.9 Å². The van der Waals surface area contributed by atoms with Crippen LogP contribution in [0, 0.1) is 5.82 Å². The lowest BCUT2D eigenvalue weighted by Crippen LogP contribution is -2.43. The van der Waals surface area contributed by atoms with E-state index in [-0.39, 0.29) is 11.7 Å². The summed E-state index contributed by atoms with van der Waals surface area (Å²) in [5.41, 5.74) is 1.26. The van der Waals surface area contributed by atoms with Crippen LogP contribution in [0.5, 0.6) is 0 Å². The summed E-state index contributed by atoms with van der Waals surface area (Å²) in [7, 11) is 0. The zero-order valence-corrected chi connectivity index (χ0v) is 14.2. The fourth-order valence-corrected chi connectivity index (χ4v) is 2.81. The average Bonchev–Trinajstić information content (AvgIpc) is 2.91. The second kappa shape index (κ2) is 7.00. The van der Waals surface area contributed by atoms with Crippen LogP contribution >= 0.6 is 15.9 Å². The van der Waals surface area contributed by atoms with Crippen LogP contribution in [0.4, 0.5) is 20.6 Å². The molecule has 3 amide bonds. The number of halogens is 2. The SMILES string of the molecule is O=C(Nc1ccc(Br)cc1)N[C@H]1CCN(c2ccc(F)cc2)C1=O. The minimum Gasteiger partial charge on any atom is -0.326 e. The lowest BCUT2D eigenvalue weighted by molar-refractivity contribution is -0.118. The molecule has 124 valence electrons. The molecule has 2 N–H and O–H groups in total.